The summed E-state index contributed by atoms with van der Waals surface area (Å²) in [5.74, 6) is -0.798. The molecule has 29 heavy (non-hydrogen) atoms. The van der Waals surface area contributed by atoms with Gasteiger partial charge in [0.1, 0.15) is 24.3 Å². The van der Waals surface area contributed by atoms with E-state index in [-0.39, 0.29) is 11.5 Å². The predicted molar refractivity (Wildman–Crippen MR) is 103 cm³/mol. The van der Waals surface area contributed by atoms with E-state index in [1.807, 2.05) is 24.5 Å². The van der Waals surface area contributed by atoms with Crippen molar-refractivity contribution in [1.29, 1.82) is 0 Å². The van der Waals surface area contributed by atoms with Crippen LogP contribution in [0.3, 0.4) is 0 Å². The second-order valence-corrected chi connectivity index (χ2v) is 6.93. The molecule has 3 aromatic rings. The van der Waals surface area contributed by atoms with Crippen molar-refractivity contribution < 1.29 is 13.6 Å². The number of hydrogen-bond donors (Lipinski definition) is 0. The maximum atomic E-state index is 13.4. The summed E-state index contributed by atoms with van der Waals surface area (Å²) in [5.41, 5.74) is 2.10. The Balaban J connectivity index is 1.46. The van der Waals surface area contributed by atoms with Crippen LogP contribution < -0.4 is 4.90 Å². The minimum Gasteiger partial charge on any atom is -0.353 e. The van der Waals surface area contributed by atoms with Crippen molar-refractivity contribution in [3.05, 3.63) is 65.5 Å². The Morgan fingerprint density at radius 2 is 1.66 bits per heavy atom. The number of carbonyl (C=O) groups excluding carboxylic acids is 1. The number of halogens is 2. The van der Waals surface area contributed by atoms with Gasteiger partial charge in [-0.1, -0.05) is 0 Å². The first kappa shape index (κ1) is 19.0. The van der Waals surface area contributed by atoms with Gasteiger partial charge in [0.25, 0.3) is 5.91 Å². The normalized spacial score (nSPS) is 14.3. The second kappa shape index (κ2) is 7.57. The first-order valence-corrected chi connectivity index (χ1v) is 9.26. The van der Waals surface area contributed by atoms with Gasteiger partial charge in [-0.25, -0.2) is 23.7 Å². The molecule has 0 bridgehead atoms. The van der Waals surface area contributed by atoms with Crippen molar-refractivity contribution in [3.63, 3.8) is 0 Å². The number of anilines is 1. The molecule has 9 heteroatoms. The van der Waals surface area contributed by atoms with Crippen LogP contribution in [-0.2, 0) is 0 Å². The number of carbonyl (C=O) groups is 1. The molecule has 0 N–H and O–H groups in total. The zero-order valence-corrected chi connectivity index (χ0v) is 16.1. The van der Waals surface area contributed by atoms with Crippen LogP contribution in [0.25, 0.3) is 5.82 Å². The molecule has 1 saturated heterocycles. The van der Waals surface area contributed by atoms with Gasteiger partial charge >= 0.3 is 0 Å². The molecule has 0 aliphatic carbocycles. The fourth-order valence-electron chi connectivity index (χ4n) is 3.32. The third-order valence-corrected chi connectivity index (χ3v) is 5.19. The molecule has 0 radical (unpaired) electrons. The minimum atomic E-state index is -1.02. The van der Waals surface area contributed by atoms with Crippen LogP contribution in [0.4, 0.5) is 14.6 Å². The standard InChI is InChI=1S/C20H20F2N6O/c1-13-14(2)28(12-25-13)19-10-18(23-11-24-19)26-5-7-27(8-6-26)20(29)15-3-4-16(21)17(22)9-15/h3-4,9-12H,5-8H2,1-2H3. The van der Waals surface area contributed by atoms with Gasteiger partial charge in [-0.05, 0) is 32.0 Å². The molecule has 150 valence electrons. The summed E-state index contributed by atoms with van der Waals surface area (Å²) in [6.45, 7) is 5.99. The fraction of sp³-hybridized carbons (Fsp3) is 0.300. The van der Waals surface area contributed by atoms with Gasteiger partial charge < -0.3 is 9.80 Å². The minimum absolute atomic E-state index is 0.146. The number of aryl methyl sites for hydroxylation is 1. The Bertz CT molecular complexity index is 1060. The summed E-state index contributed by atoms with van der Waals surface area (Å²) >= 11 is 0. The van der Waals surface area contributed by atoms with Gasteiger partial charge in [-0.3, -0.25) is 9.36 Å². The zero-order valence-electron chi connectivity index (χ0n) is 16.1. The fourth-order valence-corrected chi connectivity index (χ4v) is 3.32. The number of benzene rings is 1. The highest BCUT2D eigenvalue weighted by atomic mass is 19.2. The lowest BCUT2D eigenvalue weighted by Gasteiger charge is -2.35. The van der Waals surface area contributed by atoms with Gasteiger partial charge in [0, 0.05) is 43.5 Å². The van der Waals surface area contributed by atoms with E-state index in [0.29, 0.717) is 26.2 Å². The summed E-state index contributed by atoms with van der Waals surface area (Å²) in [6.07, 6.45) is 3.24. The lowest BCUT2D eigenvalue weighted by Crippen LogP contribution is -2.49. The van der Waals surface area contributed by atoms with Gasteiger partial charge in [0.05, 0.1) is 5.69 Å². The number of nitrogens with zero attached hydrogens (tertiary/aromatic N) is 6. The van der Waals surface area contributed by atoms with Gasteiger partial charge in [0.2, 0.25) is 0 Å². The monoisotopic (exact) mass is 398 g/mol. The third kappa shape index (κ3) is 3.67. The van der Waals surface area contributed by atoms with Gasteiger partial charge in [-0.15, -0.1) is 0 Å². The first-order chi connectivity index (χ1) is 13.9. The van der Waals surface area contributed by atoms with Crippen LogP contribution in [0.15, 0.2) is 36.9 Å². The average Bonchev–Trinajstić information content (AvgIpc) is 3.08. The molecule has 7 nitrogen and oxygen atoms in total. The zero-order chi connectivity index (χ0) is 20.5. The van der Waals surface area contributed by atoms with Crippen molar-refractivity contribution in [2.75, 3.05) is 31.1 Å². The Morgan fingerprint density at radius 3 is 2.31 bits per heavy atom. The van der Waals surface area contributed by atoms with Crippen LogP contribution in [0.5, 0.6) is 0 Å². The topological polar surface area (TPSA) is 67.2 Å². The van der Waals surface area contributed by atoms with Crippen molar-refractivity contribution in [3.8, 4) is 5.82 Å². The first-order valence-electron chi connectivity index (χ1n) is 9.26. The SMILES string of the molecule is Cc1ncn(-c2cc(N3CCN(C(=O)c4ccc(F)c(F)c4)CC3)ncn2)c1C. The van der Waals surface area contributed by atoms with E-state index in [2.05, 4.69) is 19.9 Å². The van der Waals surface area contributed by atoms with Crippen LogP contribution in [-0.4, -0.2) is 56.5 Å². The van der Waals surface area contributed by atoms with E-state index >= 15 is 0 Å². The molecule has 0 spiro atoms. The number of hydrogen-bond acceptors (Lipinski definition) is 5. The van der Waals surface area contributed by atoms with Crippen LogP contribution in [0.1, 0.15) is 21.7 Å². The highest BCUT2D eigenvalue weighted by Crippen LogP contribution is 2.19. The Morgan fingerprint density at radius 1 is 0.931 bits per heavy atom. The van der Waals surface area contributed by atoms with E-state index in [0.717, 1.165) is 35.2 Å². The van der Waals surface area contributed by atoms with Gasteiger partial charge in [-0.2, -0.15) is 0 Å². The van der Waals surface area contributed by atoms with Crippen LogP contribution in [0, 0.1) is 25.5 Å². The number of rotatable bonds is 3. The van der Waals surface area contributed by atoms with E-state index in [1.165, 1.54) is 12.4 Å². The van der Waals surface area contributed by atoms with Crippen molar-refractivity contribution in [2.45, 2.75) is 13.8 Å². The molecule has 2 aromatic heterocycles. The highest BCUT2D eigenvalue weighted by Gasteiger charge is 2.24. The van der Waals surface area contributed by atoms with Crippen LogP contribution in [0.2, 0.25) is 0 Å². The molecule has 1 aliphatic heterocycles. The number of aromatic nitrogens is 4. The number of piperazine rings is 1. The maximum absolute atomic E-state index is 13.4. The Kier molecular flexibility index (Phi) is 4.96. The maximum Gasteiger partial charge on any atom is 0.254 e. The summed E-state index contributed by atoms with van der Waals surface area (Å²) < 4.78 is 28.4. The summed E-state index contributed by atoms with van der Waals surface area (Å²) in [4.78, 5) is 29.3. The van der Waals surface area contributed by atoms with Crippen molar-refractivity contribution >= 4 is 11.7 Å². The largest absolute Gasteiger partial charge is 0.353 e. The number of amides is 1. The molecule has 1 fully saturated rings. The summed E-state index contributed by atoms with van der Waals surface area (Å²) in [5, 5.41) is 0. The second-order valence-electron chi connectivity index (χ2n) is 6.93. The predicted octanol–water partition coefficient (Wildman–Crippen LogP) is 2.52. The van der Waals surface area contributed by atoms with Crippen LogP contribution >= 0.6 is 0 Å². The smallest absolute Gasteiger partial charge is 0.254 e. The van der Waals surface area contributed by atoms with Crippen molar-refractivity contribution in [1.82, 2.24) is 24.4 Å². The quantitative estimate of drug-likeness (QED) is 0.678. The molecular weight excluding hydrogens is 378 g/mol. The van der Waals surface area contributed by atoms with E-state index < -0.39 is 11.6 Å². The molecule has 0 saturated carbocycles. The van der Waals surface area contributed by atoms with Crippen molar-refractivity contribution in [2.24, 2.45) is 0 Å². The molecule has 0 unspecified atom stereocenters. The molecule has 1 aliphatic rings. The highest BCUT2D eigenvalue weighted by molar-refractivity contribution is 5.94. The van der Waals surface area contributed by atoms with E-state index in [1.54, 1.807) is 11.2 Å². The lowest BCUT2D eigenvalue weighted by molar-refractivity contribution is 0.0746. The average molecular weight is 398 g/mol. The molecular formula is C20H20F2N6O. The van der Waals surface area contributed by atoms with E-state index in [9.17, 15) is 13.6 Å². The lowest BCUT2D eigenvalue weighted by atomic mass is 10.1. The Hall–Kier alpha value is -3.36. The van der Waals surface area contributed by atoms with Gasteiger partial charge in [0.15, 0.2) is 11.6 Å². The molecule has 1 aromatic carbocycles. The summed E-state index contributed by atoms with van der Waals surface area (Å²) in [6, 6.07) is 5.11. The Labute approximate surface area is 166 Å². The summed E-state index contributed by atoms with van der Waals surface area (Å²) in [7, 11) is 0. The molecule has 3 heterocycles. The number of imidazole rings is 1. The molecule has 4 rings (SSSR count). The third-order valence-electron chi connectivity index (χ3n) is 5.19. The van der Waals surface area contributed by atoms with E-state index in [4.69, 9.17) is 0 Å². The molecule has 0 atom stereocenters. The molecule has 1 amide bonds.